The lowest BCUT2D eigenvalue weighted by atomic mass is 9.97. The maximum atomic E-state index is 12.7. The highest BCUT2D eigenvalue weighted by atomic mass is 19.4. The predicted octanol–water partition coefficient (Wildman–Crippen LogP) is 4.03. The van der Waals surface area contributed by atoms with Crippen LogP contribution in [0.15, 0.2) is 24.0 Å². The molecule has 1 heterocycles. The van der Waals surface area contributed by atoms with E-state index in [0.29, 0.717) is 11.1 Å². The molecule has 18 heavy (non-hydrogen) atoms. The van der Waals surface area contributed by atoms with E-state index in [-0.39, 0.29) is 11.7 Å². The second kappa shape index (κ2) is 4.23. The van der Waals surface area contributed by atoms with E-state index in [1.807, 2.05) is 13.8 Å². The van der Waals surface area contributed by atoms with Gasteiger partial charge in [0, 0.05) is 5.56 Å². The Balaban J connectivity index is 2.50. The van der Waals surface area contributed by atoms with E-state index in [0.717, 1.165) is 6.08 Å². The maximum Gasteiger partial charge on any atom is 0.432 e. The molecule has 0 bridgehead atoms. The number of para-hydroxylation sites is 1. The van der Waals surface area contributed by atoms with Crippen molar-refractivity contribution in [2.45, 2.75) is 32.0 Å². The molecule has 0 aliphatic carbocycles. The van der Waals surface area contributed by atoms with Crippen LogP contribution in [-0.4, -0.2) is 17.4 Å². The van der Waals surface area contributed by atoms with Crippen molar-refractivity contribution in [3.8, 4) is 5.75 Å². The SMILES string of the molecule is CC(C)c1cccc2c1OC(C(F)(F)F)C(O)=C2. The Morgan fingerprint density at radius 2 is 1.94 bits per heavy atom. The fourth-order valence-corrected chi connectivity index (χ4v) is 1.93. The Bertz CT molecular complexity index is 489. The summed E-state index contributed by atoms with van der Waals surface area (Å²) in [5.41, 5.74) is 1.17. The zero-order chi connectivity index (χ0) is 13.5. The quantitative estimate of drug-likeness (QED) is 0.824. The Hall–Kier alpha value is -1.65. The largest absolute Gasteiger partial charge is 0.508 e. The first-order valence-corrected chi connectivity index (χ1v) is 5.57. The van der Waals surface area contributed by atoms with Gasteiger partial charge in [-0.25, -0.2) is 0 Å². The van der Waals surface area contributed by atoms with Crippen LogP contribution in [0, 0.1) is 0 Å². The topological polar surface area (TPSA) is 29.5 Å². The minimum absolute atomic E-state index is 0.0440. The Kier molecular flexibility index (Phi) is 3.00. The second-order valence-corrected chi connectivity index (χ2v) is 4.53. The van der Waals surface area contributed by atoms with Crippen LogP contribution in [0.4, 0.5) is 13.2 Å². The van der Waals surface area contributed by atoms with Crippen molar-refractivity contribution < 1.29 is 23.0 Å². The molecule has 1 unspecified atom stereocenters. The third-order valence-electron chi connectivity index (χ3n) is 2.80. The Morgan fingerprint density at radius 3 is 2.50 bits per heavy atom. The van der Waals surface area contributed by atoms with Crippen LogP contribution in [0.5, 0.6) is 5.75 Å². The molecule has 98 valence electrons. The molecule has 2 rings (SSSR count). The third kappa shape index (κ3) is 2.17. The number of ether oxygens (including phenoxy) is 1. The molecule has 2 nitrogen and oxygen atoms in total. The van der Waals surface area contributed by atoms with E-state index in [1.54, 1.807) is 18.2 Å². The minimum atomic E-state index is -4.62. The molecular weight excluding hydrogens is 245 g/mol. The molecule has 1 N–H and O–H groups in total. The molecule has 0 amide bonds. The molecule has 0 aromatic heterocycles. The van der Waals surface area contributed by atoms with E-state index in [9.17, 15) is 18.3 Å². The first-order chi connectivity index (χ1) is 8.30. The van der Waals surface area contributed by atoms with E-state index >= 15 is 0 Å². The molecule has 0 spiro atoms. The van der Waals surface area contributed by atoms with Crippen molar-refractivity contribution in [1.29, 1.82) is 0 Å². The number of alkyl halides is 3. The molecule has 1 atom stereocenters. The molecule has 0 fully saturated rings. The lowest BCUT2D eigenvalue weighted by Crippen LogP contribution is -2.38. The number of aliphatic hydroxyl groups excluding tert-OH is 1. The lowest BCUT2D eigenvalue weighted by molar-refractivity contribution is -0.191. The van der Waals surface area contributed by atoms with Crippen LogP contribution in [0.2, 0.25) is 0 Å². The summed E-state index contributed by atoms with van der Waals surface area (Å²) >= 11 is 0. The van der Waals surface area contributed by atoms with Crippen molar-refractivity contribution in [3.63, 3.8) is 0 Å². The fourth-order valence-electron chi connectivity index (χ4n) is 1.93. The average molecular weight is 258 g/mol. The Morgan fingerprint density at radius 1 is 1.28 bits per heavy atom. The normalized spacial score (nSPS) is 19.2. The number of rotatable bonds is 1. The number of hydrogen-bond acceptors (Lipinski definition) is 2. The van der Waals surface area contributed by atoms with Gasteiger partial charge in [0.05, 0.1) is 0 Å². The summed E-state index contributed by atoms with van der Waals surface area (Å²) in [6.45, 7) is 3.75. The van der Waals surface area contributed by atoms with Crippen LogP contribution in [0.25, 0.3) is 6.08 Å². The van der Waals surface area contributed by atoms with E-state index in [1.165, 1.54) is 0 Å². The molecule has 0 saturated carbocycles. The summed E-state index contributed by atoms with van der Waals surface area (Å²) in [5.74, 6) is -0.564. The first kappa shape index (κ1) is 12.8. The highest BCUT2D eigenvalue weighted by Gasteiger charge is 2.47. The van der Waals surface area contributed by atoms with Gasteiger partial charge in [0.25, 0.3) is 0 Å². The number of halogens is 3. The molecule has 1 aromatic rings. The van der Waals surface area contributed by atoms with Crippen molar-refractivity contribution >= 4 is 6.08 Å². The summed E-state index contributed by atoms with van der Waals surface area (Å²) in [6, 6.07) is 5.08. The van der Waals surface area contributed by atoms with Crippen LogP contribution < -0.4 is 4.74 Å². The van der Waals surface area contributed by atoms with E-state index in [2.05, 4.69) is 0 Å². The number of fused-ring (bicyclic) bond motifs is 1. The van der Waals surface area contributed by atoms with Gasteiger partial charge < -0.3 is 9.84 Å². The smallest absolute Gasteiger partial charge is 0.432 e. The first-order valence-electron chi connectivity index (χ1n) is 5.57. The summed E-state index contributed by atoms with van der Waals surface area (Å²) < 4.78 is 43.0. The van der Waals surface area contributed by atoms with Gasteiger partial charge in [-0.15, -0.1) is 0 Å². The van der Waals surface area contributed by atoms with Gasteiger partial charge in [0.15, 0.2) is 0 Å². The molecular formula is C13H13F3O2. The van der Waals surface area contributed by atoms with Crippen molar-refractivity contribution in [1.82, 2.24) is 0 Å². The summed E-state index contributed by atoms with van der Waals surface area (Å²) in [7, 11) is 0. The van der Waals surface area contributed by atoms with Crippen LogP contribution in [-0.2, 0) is 0 Å². The maximum absolute atomic E-state index is 12.7. The van der Waals surface area contributed by atoms with Crippen molar-refractivity contribution in [2.75, 3.05) is 0 Å². The van der Waals surface area contributed by atoms with Gasteiger partial charge >= 0.3 is 6.18 Å². The minimum Gasteiger partial charge on any atom is -0.508 e. The van der Waals surface area contributed by atoms with Gasteiger partial charge in [-0.05, 0) is 17.6 Å². The van der Waals surface area contributed by atoms with Crippen molar-refractivity contribution in [2.24, 2.45) is 0 Å². The lowest BCUT2D eigenvalue weighted by Gasteiger charge is -2.28. The van der Waals surface area contributed by atoms with Gasteiger partial charge in [-0.1, -0.05) is 32.0 Å². The van der Waals surface area contributed by atoms with Crippen LogP contribution >= 0.6 is 0 Å². The van der Waals surface area contributed by atoms with Crippen molar-refractivity contribution in [3.05, 3.63) is 35.1 Å². The van der Waals surface area contributed by atoms with E-state index < -0.39 is 18.0 Å². The number of aliphatic hydroxyl groups is 1. The zero-order valence-electron chi connectivity index (χ0n) is 9.95. The number of benzene rings is 1. The van der Waals surface area contributed by atoms with Crippen LogP contribution in [0.3, 0.4) is 0 Å². The fraction of sp³-hybridized carbons (Fsp3) is 0.385. The molecule has 5 heteroatoms. The highest BCUT2D eigenvalue weighted by molar-refractivity contribution is 5.64. The molecule has 0 saturated heterocycles. The third-order valence-corrected chi connectivity index (χ3v) is 2.80. The van der Waals surface area contributed by atoms with Gasteiger partial charge in [-0.3, -0.25) is 0 Å². The number of hydrogen-bond donors (Lipinski definition) is 1. The van der Waals surface area contributed by atoms with Gasteiger partial charge in [0.1, 0.15) is 11.5 Å². The Labute approximate surface area is 103 Å². The predicted molar refractivity (Wildman–Crippen MR) is 61.6 cm³/mol. The van der Waals surface area contributed by atoms with Crippen LogP contribution in [0.1, 0.15) is 30.9 Å². The molecule has 1 aromatic carbocycles. The van der Waals surface area contributed by atoms with Gasteiger partial charge in [0.2, 0.25) is 6.10 Å². The van der Waals surface area contributed by atoms with Gasteiger partial charge in [-0.2, -0.15) is 13.2 Å². The molecule has 0 radical (unpaired) electrons. The zero-order valence-corrected chi connectivity index (χ0v) is 9.95. The second-order valence-electron chi connectivity index (χ2n) is 4.53. The standard InChI is InChI=1S/C13H13F3O2/c1-7(2)9-5-3-4-8-6-10(17)12(13(14,15)16)18-11(8)9/h3-7,12,17H,1-2H3. The summed E-state index contributed by atoms with van der Waals surface area (Å²) in [5, 5.41) is 9.40. The average Bonchev–Trinajstić information content (AvgIpc) is 2.25. The summed E-state index contributed by atoms with van der Waals surface area (Å²) in [4.78, 5) is 0. The molecule has 1 aliphatic rings. The monoisotopic (exact) mass is 258 g/mol. The highest BCUT2D eigenvalue weighted by Crippen LogP contribution is 2.40. The van der Waals surface area contributed by atoms with E-state index in [4.69, 9.17) is 4.74 Å². The molecule has 1 aliphatic heterocycles. The summed E-state index contributed by atoms with van der Waals surface area (Å²) in [6.07, 6.45) is -5.78.